The van der Waals surface area contributed by atoms with E-state index in [0.29, 0.717) is 32.1 Å². The fourth-order valence-electron chi connectivity index (χ4n) is 5.29. The number of carbonyl (C=O) groups is 1. The van der Waals surface area contributed by atoms with Crippen LogP contribution in [0.3, 0.4) is 0 Å². The summed E-state index contributed by atoms with van der Waals surface area (Å²) in [7, 11) is 0. The van der Waals surface area contributed by atoms with Crippen LogP contribution in [0.5, 0.6) is 5.75 Å². The molecule has 0 spiro atoms. The molecule has 0 saturated heterocycles. The van der Waals surface area contributed by atoms with E-state index in [1.54, 1.807) is 0 Å². The van der Waals surface area contributed by atoms with Crippen molar-refractivity contribution in [3.63, 3.8) is 0 Å². The molecule has 4 aromatic rings. The second kappa shape index (κ2) is 14.5. The van der Waals surface area contributed by atoms with Crippen LogP contribution >= 0.6 is 0 Å². The highest BCUT2D eigenvalue weighted by atomic mass is 16.5. The van der Waals surface area contributed by atoms with Crippen LogP contribution in [0.25, 0.3) is 10.9 Å². The van der Waals surface area contributed by atoms with E-state index in [-0.39, 0.29) is 24.5 Å². The molecule has 1 amide bonds. The first-order valence-corrected chi connectivity index (χ1v) is 15.1. The molecule has 0 aliphatic heterocycles. The SMILES string of the molecule is CC(C)CN(CC(=O)N(CCc1c[nH]c2ccccc12)Cc1ccc(C(C)(C)C)cc1)C[C@@H](O)COc1ccccc1. The third-order valence-electron chi connectivity index (χ3n) is 7.51. The lowest BCUT2D eigenvalue weighted by Crippen LogP contribution is -2.45. The van der Waals surface area contributed by atoms with Gasteiger partial charge in [-0.2, -0.15) is 0 Å². The summed E-state index contributed by atoms with van der Waals surface area (Å²) in [5.74, 6) is 1.14. The van der Waals surface area contributed by atoms with E-state index in [9.17, 15) is 9.90 Å². The summed E-state index contributed by atoms with van der Waals surface area (Å²) in [4.78, 5) is 21.3. The van der Waals surface area contributed by atoms with Crippen molar-refractivity contribution in [3.8, 4) is 5.75 Å². The van der Waals surface area contributed by atoms with Crippen molar-refractivity contribution in [2.45, 2.75) is 59.1 Å². The van der Waals surface area contributed by atoms with Crippen LogP contribution in [0, 0.1) is 5.92 Å². The quantitative estimate of drug-likeness (QED) is 0.184. The molecule has 0 aliphatic rings. The standard InChI is InChI=1S/C36H47N3O3/c1-27(2)22-38(24-31(40)26-42-32-11-7-6-8-12-32)25-35(41)39(23-28-15-17-30(18-16-28)36(3,4)5)20-19-29-21-37-34-14-10-9-13-33(29)34/h6-18,21,27,31,37,40H,19-20,22-26H2,1-5H3/t31-/m1/s1. The van der Waals surface area contributed by atoms with Gasteiger partial charge in [-0.05, 0) is 52.6 Å². The Bertz CT molecular complexity index is 1390. The molecule has 4 rings (SSSR count). The molecule has 1 heterocycles. The average Bonchev–Trinajstić information content (AvgIpc) is 3.37. The minimum Gasteiger partial charge on any atom is -0.491 e. The first-order valence-electron chi connectivity index (χ1n) is 15.1. The van der Waals surface area contributed by atoms with Crippen LogP contribution in [0.15, 0.2) is 85.1 Å². The monoisotopic (exact) mass is 569 g/mol. The number of benzene rings is 3. The summed E-state index contributed by atoms with van der Waals surface area (Å²) >= 11 is 0. The lowest BCUT2D eigenvalue weighted by atomic mass is 9.87. The number of H-pyrrole nitrogens is 1. The topological polar surface area (TPSA) is 68.8 Å². The Morgan fingerprint density at radius 2 is 1.62 bits per heavy atom. The number of aliphatic hydroxyl groups excluding tert-OH is 1. The highest BCUT2D eigenvalue weighted by Gasteiger charge is 2.22. The number of aromatic amines is 1. The summed E-state index contributed by atoms with van der Waals surface area (Å²) in [5.41, 5.74) is 4.78. The molecule has 0 aliphatic carbocycles. The number of fused-ring (bicyclic) bond motifs is 1. The zero-order valence-electron chi connectivity index (χ0n) is 25.8. The molecule has 2 N–H and O–H groups in total. The summed E-state index contributed by atoms with van der Waals surface area (Å²) in [6, 6.07) is 26.4. The van der Waals surface area contributed by atoms with Gasteiger partial charge in [-0.1, -0.05) is 95.3 Å². The zero-order valence-corrected chi connectivity index (χ0v) is 25.8. The molecule has 0 bridgehead atoms. The molecule has 6 heteroatoms. The van der Waals surface area contributed by atoms with Gasteiger partial charge in [-0.15, -0.1) is 0 Å². The van der Waals surface area contributed by atoms with Crippen molar-refractivity contribution in [2.75, 3.05) is 32.8 Å². The van der Waals surface area contributed by atoms with E-state index in [1.165, 1.54) is 16.5 Å². The smallest absolute Gasteiger partial charge is 0.237 e. The zero-order chi connectivity index (χ0) is 30.1. The lowest BCUT2D eigenvalue weighted by molar-refractivity contribution is -0.133. The molecule has 1 atom stereocenters. The number of aliphatic hydroxyl groups is 1. The minimum absolute atomic E-state index is 0.0616. The van der Waals surface area contributed by atoms with Crippen LogP contribution in [0.2, 0.25) is 0 Å². The van der Waals surface area contributed by atoms with Crippen LogP contribution in [0.4, 0.5) is 0 Å². The number of hydrogen-bond acceptors (Lipinski definition) is 4. The highest BCUT2D eigenvalue weighted by molar-refractivity contribution is 5.83. The van der Waals surface area contributed by atoms with Crippen molar-refractivity contribution >= 4 is 16.8 Å². The van der Waals surface area contributed by atoms with Gasteiger partial charge in [-0.25, -0.2) is 0 Å². The van der Waals surface area contributed by atoms with Gasteiger partial charge in [0.25, 0.3) is 0 Å². The number of carbonyl (C=O) groups excluding carboxylic acids is 1. The first kappa shape index (κ1) is 31.3. The Balaban J connectivity index is 1.47. The maximum Gasteiger partial charge on any atom is 0.237 e. The van der Waals surface area contributed by atoms with Crippen LogP contribution in [0.1, 0.15) is 51.3 Å². The Morgan fingerprint density at radius 3 is 2.31 bits per heavy atom. The molecule has 3 aromatic carbocycles. The maximum absolute atomic E-state index is 13.9. The molecule has 224 valence electrons. The largest absolute Gasteiger partial charge is 0.491 e. The van der Waals surface area contributed by atoms with Crippen molar-refractivity contribution in [1.29, 1.82) is 0 Å². The third-order valence-corrected chi connectivity index (χ3v) is 7.51. The molecule has 0 fully saturated rings. The fraction of sp³-hybridized carbons (Fsp3) is 0.417. The number of ether oxygens (including phenoxy) is 1. The predicted molar refractivity (Wildman–Crippen MR) is 172 cm³/mol. The Labute approximate surface area is 251 Å². The molecule has 0 unspecified atom stereocenters. The molecule has 42 heavy (non-hydrogen) atoms. The van der Waals surface area contributed by atoms with Gasteiger partial charge in [0.1, 0.15) is 18.5 Å². The molecule has 6 nitrogen and oxygen atoms in total. The van der Waals surface area contributed by atoms with Crippen LogP contribution in [-0.4, -0.2) is 64.7 Å². The van der Waals surface area contributed by atoms with Gasteiger partial charge in [0.15, 0.2) is 0 Å². The molecular formula is C36H47N3O3. The van der Waals surface area contributed by atoms with E-state index in [1.807, 2.05) is 41.3 Å². The second-order valence-electron chi connectivity index (χ2n) is 12.7. The first-order chi connectivity index (χ1) is 20.1. The highest BCUT2D eigenvalue weighted by Crippen LogP contribution is 2.23. The summed E-state index contributed by atoms with van der Waals surface area (Å²) < 4.78 is 5.78. The van der Waals surface area contributed by atoms with Gasteiger partial charge in [0.05, 0.1) is 6.54 Å². The summed E-state index contributed by atoms with van der Waals surface area (Å²) in [6.45, 7) is 13.6. The predicted octanol–water partition coefficient (Wildman–Crippen LogP) is 6.43. The van der Waals surface area contributed by atoms with Gasteiger partial charge in [-0.3, -0.25) is 9.69 Å². The normalized spacial score (nSPS) is 12.7. The Kier molecular flexibility index (Phi) is 10.8. The number of para-hydroxylation sites is 2. The third kappa shape index (κ3) is 9.20. The molecule has 0 saturated carbocycles. The van der Waals surface area contributed by atoms with Crippen molar-refractivity contribution in [2.24, 2.45) is 5.92 Å². The number of rotatable bonds is 14. The maximum atomic E-state index is 13.9. The van der Waals surface area contributed by atoms with Crippen LogP contribution < -0.4 is 4.74 Å². The number of hydrogen-bond donors (Lipinski definition) is 2. The van der Waals surface area contributed by atoms with Crippen molar-refractivity contribution < 1.29 is 14.6 Å². The number of amides is 1. The summed E-state index contributed by atoms with van der Waals surface area (Å²) in [6.07, 6.45) is 2.11. The average molecular weight is 570 g/mol. The fourth-order valence-corrected chi connectivity index (χ4v) is 5.29. The second-order valence-corrected chi connectivity index (χ2v) is 12.7. The van der Waals surface area contributed by atoms with Gasteiger partial charge in [0, 0.05) is 43.3 Å². The summed E-state index contributed by atoms with van der Waals surface area (Å²) in [5, 5.41) is 12.0. The molecule has 1 aromatic heterocycles. The van der Waals surface area contributed by atoms with Gasteiger partial charge >= 0.3 is 0 Å². The number of aromatic nitrogens is 1. The van der Waals surface area contributed by atoms with Crippen molar-refractivity contribution in [1.82, 2.24) is 14.8 Å². The van der Waals surface area contributed by atoms with E-state index in [2.05, 4.69) is 93.2 Å². The van der Waals surface area contributed by atoms with E-state index in [0.717, 1.165) is 23.3 Å². The van der Waals surface area contributed by atoms with Gasteiger partial charge < -0.3 is 19.7 Å². The lowest BCUT2D eigenvalue weighted by Gasteiger charge is -2.30. The Hall–Kier alpha value is -3.61. The number of nitrogens with one attached hydrogen (secondary N) is 1. The minimum atomic E-state index is -0.707. The van der Waals surface area contributed by atoms with E-state index in [4.69, 9.17) is 4.74 Å². The van der Waals surface area contributed by atoms with Crippen molar-refractivity contribution in [3.05, 3.63) is 102 Å². The van der Waals surface area contributed by atoms with Gasteiger partial charge in [0.2, 0.25) is 5.91 Å². The Morgan fingerprint density at radius 1 is 0.929 bits per heavy atom. The van der Waals surface area contributed by atoms with E-state index >= 15 is 0 Å². The van der Waals surface area contributed by atoms with E-state index < -0.39 is 6.10 Å². The van der Waals surface area contributed by atoms with Crippen LogP contribution in [-0.2, 0) is 23.2 Å². The number of nitrogens with zero attached hydrogens (tertiary/aromatic N) is 2. The molecular weight excluding hydrogens is 522 g/mol. The molecule has 0 radical (unpaired) electrons.